The van der Waals surface area contributed by atoms with Gasteiger partial charge in [0.15, 0.2) is 5.75 Å². The van der Waals surface area contributed by atoms with Crippen molar-refractivity contribution in [3.05, 3.63) is 237 Å². The van der Waals surface area contributed by atoms with Crippen molar-refractivity contribution in [1.82, 2.24) is 95.4 Å². The Bertz CT molecular complexity index is 6680. The van der Waals surface area contributed by atoms with Crippen molar-refractivity contribution >= 4 is 95.5 Å². The van der Waals surface area contributed by atoms with Crippen molar-refractivity contribution in [2.45, 2.75) is 97.9 Å². The Kier molecular flexibility index (Phi) is 29.8. The first-order chi connectivity index (χ1) is 64.7. The van der Waals surface area contributed by atoms with E-state index in [1.54, 1.807) is 107 Å². The first-order valence-electron chi connectivity index (χ1n) is 44.2. The maximum atomic E-state index is 14.5. The van der Waals surface area contributed by atoms with E-state index in [9.17, 15) is 26.7 Å². The van der Waals surface area contributed by atoms with Crippen LogP contribution < -0.4 is 65.2 Å². The quantitative estimate of drug-likeness (QED) is 0.0145. The van der Waals surface area contributed by atoms with Crippen LogP contribution in [-0.4, -0.2) is 179 Å². The lowest BCUT2D eigenvalue weighted by atomic mass is 10.1. The smallest absolute Gasteiger partial charge is 0.401 e. The number of ether oxygens (including phenoxy) is 4. The number of aryl methyl sites for hydroxylation is 1. The number of aromatic nitrogens is 16. The molecule has 0 bridgehead atoms. The lowest BCUT2D eigenvalue weighted by molar-refractivity contribution is -0.124. The summed E-state index contributed by atoms with van der Waals surface area (Å²) in [5.41, 5.74) is 19.7. The molecule has 16 aromatic rings. The summed E-state index contributed by atoms with van der Waals surface area (Å²) in [7, 11) is 9.73. The number of nitrogens with one attached hydrogen (secondary N) is 4. The summed E-state index contributed by atoms with van der Waals surface area (Å²) in [6.45, 7) is 15.1. The summed E-state index contributed by atoms with van der Waals surface area (Å²) in [6, 6.07) is 44.8. The number of nitrogens with two attached hydrogens (primary N) is 1. The van der Waals surface area contributed by atoms with Gasteiger partial charge in [0, 0.05) is 212 Å². The van der Waals surface area contributed by atoms with Crippen LogP contribution in [0, 0.1) is 23.5 Å². The summed E-state index contributed by atoms with van der Waals surface area (Å²) in [5.74, 6) is 8.46. The first-order valence-corrected chi connectivity index (χ1v) is 44.2. The maximum absolute atomic E-state index is 14.5. The summed E-state index contributed by atoms with van der Waals surface area (Å²) >= 11 is 0. The summed E-state index contributed by atoms with van der Waals surface area (Å²) in [4.78, 5) is 63.1. The minimum absolute atomic E-state index is 0.203. The highest BCUT2D eigenvalue weighted by molar-refractivity contribution is 5.96. The molecule has 8 heterocycles. The second-order valence-corrected chi connectivity index (χ2v) is 33.6. The van der Waals surface area contributed by atoms with Gasteiger partial charge in [0.25, 0.3) is 5.91 Å². The van der Waals surface area contributed by atoms with Crippen LogP contribution in [-0.2, 0) is 7.05 Å². The molecule has 30 nitrogen and oxygen atoms in total. The van der Waals surface area contributed by atoms with Crippen molar-refractivity contribution in [2.75, 3.05) is 101 Å². The van der Waals surface area contributed by atoms with Gasteiger partial charge in [-0.15, -0.1) is 0 Å². The molecule has 0 aliphatic heterocycles. The number of aromatic amines is 1. The van der Waals surface area contributed by atoms with Gasteiger partial charge < -0.3 is 59.3 Å². The molecule has 8 aromatic heterocycles. The van der Waals surface area contributed by atoms with Crippen LogP contribution in [0.3, 0.4) is 0 Å². The molecule has 8 aromatic carbocycles. The molecule has 0 radical (unpaired) electrons. The van der Waals surface area contributed by atoms with E-state index >= 15 is 0 Å². The third-order valence-corrected chi connectivity index (χ3v) is 22.5. The zero-order chi connectivity index (χ0) is 94.3. The highest BCUT2D eigenvalue weighted by Gasteiger charge is 2.30. The number of methoxy groups -OCH3 is 4. The molecule has 2 aliphatic rings. The molecule has 0 spiro atoms. The molecule has 1 amide bonds. The molecular formula is C99H107F5N24O6. The van der Waals surface area contributed by atoms with Crippen molar-refractivity contribution < 1.29 is 50.5 Å². The van der Waals surface area contributed by atoms with Crippen LogP contribution in [0.2, 0.25) is 0 Å². The molecule has 2 fully saturated rings. The fourth-order valence-electron chi connectivity index (χ4n) is 15.1. The van der Waals surface area contributed by atoms with Gasteiger partial charge in [-0.1, -0.05) is 13.8 Å². The van der Waals surface area contributed by atoms with E-state index in [-0.39, 0.29) is 30.4 Å². The lowest BCUT2D eigenvalue weighted by Gasteiger charge is -2.26. The monoisotopic (exact) mass is 1820 g/mol. The molecule has 0 atom stereocenters. The maximum Gasteiger partial charge on any atom is 0.401 e. The van der Waals surface area contributed by atoms with E-state index in [2.05, 4.69) is 125 Å². The van der Waals surface area contributed by atoms with E-state index in [4.69, 9.17) is 49.6 Å². The molecule has 35 heteroatoms. The zero-order valence-corrected chi connectivity index (χ0v) is 76.6. The van der Waals surface area contributed by atoms with Gasteiger partial charge in [-0.25, -0.2) is 28.7 Å². The Labute approximate surface area is 772 Å². The number of H-pyrrole nitrogens is 1. The fourth-order valence-corrected chi connectivity index (χ4v) is 15.1. The number of hydrogen-bond donors (Lipinski definition) is 5. The van der Waals surface area contributed by atoms with E-state index < -0.39 is 18.5 Å². The third kappa shape index (κ3) is 24.1. The molecule has 6 N–H and O–H groups in total. The van der Waals surface area contributed by atoms with E-state index in [0.717, 1.165) is 145 Å². The number of hydrogen-bond acceptors (Lipinski definition) is 25. The van der Waals surface area contributed by atoms with Crippen LogP contribution in [0.4, 0.5) is 67.5 Å². The van der Waals surface area contributed by atoms with Crippen molar-refractivity contribution in [3.63, 3.8) is 0 Å². The molecule has 0 saturated heterocycles. The highest BCUT2D eigenvalue weighted by Crippen LogP contribution is 2.42. The number of nitrogens with zero attached hydrogens (tertiary/aromatic N) is 19. The lowest BCUT2D eigenvalue weighted by Crippen LogP contribution is -2.32. The van der Waals surface area contributed by atoms with E-state index in [1.165, 1.54) is 44.2 Å². The Morgan fingerprint density at radius 1 is 0.463 bits per heavy atom. The van der Waals surface area contributed by atoms with E-state index in [0.29, 0.717) is 94.3 Å². The standard InChI is InChI=1S/C27H31F3N6O2.C26H27FN6O.C23H25FN6O.C23H24N6O2/c1-18(2)36-16-19(14-33-36)26-15-32-24-7-6-20(12-25(24)34-26)35(9-5-8-31-17-27(28,29)30)21-10-22(37-3)13-23(11-21)38-4;1-16(2)33-15-19(12-30-33)25-13-29-23-7-6-21(11-24(23)31-25)32(14-17-4-5-17)22-9-18(26(34)28-3)8-20(27)10-22;1-15(2)25-6-7-30(19-8-17(24)9-20(10-19)31-3)18-4-5-21-22(11-18)29-23(14-26-21)16-12-27-28-13-16;1-28-14-16(11-26-28)23-12-25-21-6-5-17(9-22(21)27-23)29(13-15-3-4-15)18-7-19(30-2)10-20(8-18)31-24/h6-7,10-16,18,31H,5,8-9,17H2,1-4H3;6-13,15-17H,4-5,14H2,1-3H3,(H,28,34);4-5,8-15,25H,6-7H2,1-3H3,(H,27,28);5-12,14-15H,3-4,13,24H2,1-2H3. The molecular weight excluding hydrogens is 1720 g/mol. The predicted octanol–water partition coefficient (Wildman–Crippen LogP) is 19.0. The summed E-state index contributed by atoms with van der Waals surface area (Å²) in [6.07, 6.45) is 22.7. The van der Waals surface area contributed by atoms with Crippen LogP contribution in [0.25, 0.3) is 89.2 Å². The number of alkyl halides is 3. The molecule has 2 aliphatic carbocycles. The summed E-state index contributed by atoms with van der Waals surface area (Å²) < 4.78 is 93.5. The van der Waals surface area contributed by atoms with Crippen molar-refractivity contribution in [2.24, 2.45) is 24.8 Å². The largest absolute Gasteiger partial charge is 0.497 e. The van der Waals surface area contributed by atoms with Gasteiger partial charge >= 0.3 is 6.18 Å². The van der Waals surface area contributed by atoms with Crippen molar-refractivity contribution in [1.29, 1.82) is 0 Å². The van der Waals surface area contributed by atoms with Crippen LogP contribution in [0.1, 0.15) is 96.1 Å². The Morgan fingerprint density at radius 2 is 0.866 bits per heavy atom. The number of fused-ring (bicyclic) bond motifs is 4. The average Bonchev–Trinajstić information content (AvgIpc) is 1.53. The number of benzene rings is 8. The SMILES string of the molecule is CNC(=O)c1cc(F)cc(N(CC2CC2)c2ccc3ncc(-c4cnn(C(C)C)c4)nc3c2)c1.COc1cc(F)cc(N(CCNC(C)C)c2ccc3ncc(-c4cn[nH]c4)nc3c2)c1.COc1cc(OC)cc(N(CCCNCC(F)(F)F)c2ccc3ncc(-c4cnn(C(C)C)c4)nc3c2)c1.COc1cc(ON)cc(N(CC2CC2)c2ccc3ncc(-c4cnn(C)c4)nc3c2)c1. The third-order valence-electron chi connectivity index (χ3n) is 22.5. The van der Waals surface area contributed by atoms with Crippen LogP contribution in [0.5, 0.6) is 28.7 Å². The molecule has 2 saturated carbocycles. The topological polar surface area (TPSA) is 324 Å². The average molecular weight is 1820 g/mol. The van der Waals surface area contributed by atoms with Gasteiger partial charge in [0.05, 0.1) is 151 Å². The molecule has 134 heavy (non-hydrogen) atoms. The zero-order valence-electron chi connectivity index (χ0n) is 76.6. The normalized spacial score (nSPS) is 12.5. The first kappa shape index (κ1) is 93.8. The summed E-state index contributed by atoms with van der Waals surface area (Å²) in [5, 5.41) is 28.3. The Morgan fingerprint density at radius 3 is 1.27 bits per heavy atom. The predicted molar refractivity (Wildman–Crippen MR) is 511 cm³/mol. The minimum atomic E-state index is -4.25. The van der Waals surface area contributed by atoms with Gasteiger partial charge in [-0.05, 0) is 175 Å². The van der Waals surface area contributed by atoms with Crippen molar-refractivity contribution in [3.8, 4) is 73.8 Å². The number of carbonyl (C=O) groups excluding carboxylic acids is 1. The number of amides is 1. The van der Waals surface area contributed by atoms with Gasteiger partial charge in [0.1, 0.15) is 34.6 Å². The van der Waals surface area contributed by atoms with Crippen LogP contribution in [0.15, 0.2) is 220 Å². The highest BCUT2D eigenvalue weighted by atomic mass is 19.4. The number of rotatable bonds is 33. The number of halogens is 5. The molecule has 18 rings (SSSR count). The van der Waals surface area contributed by atoms with Gasteiger partial charge in [0.2, 0.25) is 0 Å². The van der Waals surface area contributed by atoms with E-state index in [1.807, 2.05) is 136 Å². The minimum Gasteiger partial charge on any atom is -0.497 e. The number of anilines is 8. The van der Waals surface area contributed by atoms with Crippen LogP contribution >= 0.6 is 0 Å². The fraction of sp³-hybridized carbons (Fsp3) is 0.303. The Hall–Kier alpha value is -14.8. The van der Waals surface area contributed by atoms with Gasteiger partial charge in [-0.2, -0.15) is 39.5 Å². The Balaban J connectivity index is 0.000000137. The van der Waals surface area contributed by atoms with Gasteiger partial charge in [-0.3, -0.25) is 43.9 Å². The second kappa shape index (κ2) is 42.6. The number of carbonyl (C=O) groups is 1. The second-order valence-electron chi connectivity index (χ2n) is 33.6. The molecule has 694 valence electrons. The molecule has 0 unspecified atom stereocenters.